The average molecular weight is 708 g/mol. The molecule has 278 valence electrons. The molecule has 1 saturated heterocycles. The number of rotatable bonds is 12. The predicted octanol–water partition coefficient (Wildman–Crippen LogP) is 3.62. The number of carbonyl (C=O) groups is 5. The van der Waals surface area contributed by atoms with Crippen LogP contribution in [-0.4, -0.2) is 89.6 Å². The molecule has 3 aliphatic carbocycles. The lowest BCUT2D eigenvalue weighted by Gasteiger charge is -2.49. The summed E-state index contributed by atoms with van der Waals surface area (Å²) in [5.41, 5.74) is -1.94. The van der Waals surface area contributed by atoms with E-state index >= 15 is 0 Å². The van der Waals surface area contributed by atoms with E-state index in [2.05, 4.69) is 35.1 Å². The Hall–Kier alpha value is -2.70. The minimum atomic E-state index is -3.56. The smallest absolute Gasteiger partial charge is 0.315 e. The Morgan fingerprint density at radius 2 is 1.53 bits per heavy atom. The Bertz CT molecular complexity index is 1400. The Labute approximate surface area is 293 Å². The zero-order valence-electron chi connectivity index (χ0n) is 31.2. The first-order valence-electron chi connectivity index (χ1n) is 18.3. The number of amides is 5. The van der Waals surface area contributed by atoms with E-state index in [1.807, 2.05) is 27.7 Å². The van der Waals surface area contributed by atoms with Crippen molar-refractivity contribution in [2.75, 3.05) is 12.3 Å². The third-order valence-corrected chi connectivity index (χ3v) is 14.0. The van der Waals surface area contributed by atoms with Crippen LogP contribution in [0.15, 0.2) is 0 Å². The molecule has 0 bridgehead atoms. The van der Waals surface area contributed by atoms with Crippen molar-refractivity contribution >= 4 is 39.4 Å². The molecule has 4 rings (SSSR count). The third-order valence-electron chi connectivity index (χ3n) is 11.2. The first-order valence-corrected chi connectivity index (χ1v) is 19.9. The average Bonchev–Trinajstić information content (AvgIpc) is 3.72. The lowest BCUT2D eigenvalue weighted by atomic mass is 9.55. The number of hydrogen-bond acceptors (Lipinski definition) is 7. The molecule has 5 unspecified atom stereocenters. The summed E-state index contributed by atoms with van der Waals surface area (Å²) >= 11 is 0. The molecule has 1 heterocycles. The fourth-order valence-corrected chi connectivity index (χ4v) is 9.69. The van der Waals surface area contributed by atoms with E-state index in [0.717, 1.165) is 38.5 Å². The first-order chi connectivity index (χ1) is 22.5. The van der Waals surface area contributed by atoms with Crippen LogP contribution in [0.25, 0.3) is 0 Å². The van der Waals surface area contributed by atoms with Gasteiger partial charge in [0, 0.05) is 12.6 Å². The standard InChI is InChI=1S/C36H61N5O7S/c1-10-14-24(27(42)30(44)37-23-15-16-23)38-29(43)26-25-22(19-35(25,8)9)20-41(26)31(45)28(33(2,3)4)39-32(46)40-36(17-12-11-13-18-36)21-49(47,48)34(5,6)7/h22-26,28H,10-21H2,1-9H3,(H,37,44)(H,38,43)(H2,39,40,46). The van der Waals surface area contributed by atoms with Crippen molar-refractivity contribution in [3.63, 3.8) is 0 Å². The lowest BCUT2D eigenvalue weighted by molar-refractivity contribution is -0.146. The van der Waals surface area contributed by atoms with Crippen LogP contribution in [0.1, 0.15) is 127 Å². The molecule has 5 atom stereocenters. The molecule has 12 nitrogen and oxygen atoms in total. The second-order valence-electron chi connectivity index (χ2n) is 18.0. The van der Waals surface area contributed by atoms with Gasteiger partial charge in [0.1, 0.15) is 12.1 Å². The normalized spacial score (nSPS) is 26.0. The summed E-state index contributed by atoms with van der Waals surface area (Å²) in [6.45, 7) is 16.9. The molecule has 0 radical (unpaired) electrons. The predicted molar refractivity (Wildman–Crippen MR) is 188 cm³/mol. The molecular weight excluding hydrogens is 646 g/mol. The van der Waals surface area contributed by atoms with Crippen LogP contribution in [0.5, 0.6) is 0 Å². The second-order valence-corrected chi connectivity index (χ2v) is 20.7. The van der Waals surface area contributed by atoms with Crippen LogP contribution in [0.2, 0.25) is 0 Å². The SMILES string of the molecule is CCCC(NC(=O)C1C2C(CN1C(=O)C(NC(=O)NC1(CS(=O)(=O)C(C)(C)C)CCCCC1)C(C)(C)C)CC2(C)C)C(=O)C(=O)NC1CC1. The van der Waals surface area contributed by atoms with Gasteiger partial charge < -0.3 is 26.2 Å². The summed E-state index contributed by atoms with van der Waals surface area (Å²) in [7, 11) is -3.56. The van der Waals surface area contributed by atoms with Crippen molar-refractivity contribution in [2.45, 2.75) is 161 Å². The number of fused-ring (bicyclic) bond motifs is 1. The number of carbonyl (C=O) groups excluding carboxylic acids is 5. The molecule has 4 N–H and O–H groups in total. The molecule has 4 fully saturated rings. The van der Waals surface area contributed by atoms with E-state index in [4.69, 9.17) is 0 Å². The zero-order valence-corrected chi connectivity index (χ0v) is 32.0. The van der Waals surface area contributed by atoms with Crippen LogP contribution in [0, 0.1) is 22.7 Å². The molecule has 0 aromatic carbocycles. The number of likely N-dealkylation sites (tertiary alicyclic amines) is 1. The van der Waals surface area contributed by atoms with Gasteiger partial charge in [-0.3, -0.25) is 19.2 Å². The van der Waals surface area contributed by atoms with Gasteiger partial charge in [-0.15, -0.1) is 0 Å². The highest BCUT2D eigenvalue weighted by atomic mass is 32.2. The number of sulfone groups is 1. The monoisotopic (exact) mass is 707 g/mol. The minimum Gasteiger partial charge on any atom is -0.347 e. The zero-order chi connectivity index (χ0) is 36.7. The molecular formula is C36H61N5O7S. The highest BCUT2D eigenvalue weighted by Gasteiger charge is 2.61. The molecule has 0 spiro atoms. The molecule has 4 aliphatic rings. The van der Waals surface area contributed by atoms with Gasteiger partial charge in [-0.25, -0.2) is 13.2 Å². The van der Waals surface area contributed by atoms with Crippen molar-refractivity contribution in [2.24, 2.45) is 22.7 Å². The van der Waals surface area contributed by atoms with Crippen molar-refractivity contribution in [1.29, 1.82) is 0 Å². The summed E-state index contributed by atoms with van der Waals surface area (Å²) in [4.78, 5) is 69.9. The van der Waals surface area contributed by atoms with Gasteiger partial charge in [0.2, 0.25) is 17.6 Å². The summed E-state index contributed by atoms with van der Waals surface area (Å²) in [5.74, 6) is -2.51. The minimum absolute atomic E-state index is 0.00354. The van der Waals surface area contributed by atoms with E-state index in [9.17, 15) is 32.4 Å². The lowest BCUT2D eigenvalue weighted by Crippen LogP contribution is -2.64. The number of nitrogens with one attached hydrogen (secondary N) is 4. The number of nitrogens with zero attached hydrogens (tertiary/aromatic N) is 1. The van der Waals surface area contributed by atoms with E-state index < -0.39 is 73.2 Å². The maximum atomic E-state index is 14.6. The van der Waals surface area contributed by atoms with Gasteiger partial charge in [-0.2, -0.15) is 0 Å². The molecule has 1 aliphatic heterocycles. The van der Waals surface area contributed by atoms with Gasteiger partial charge in [0.25, 0.3) is 5.91 Å². The largest absolute Gasteiger partial charge is 0.347 e. The van der Waals surface area contributed by atoms with Crippen molar-refractivity contribution in [3.05, 3.63) is 0 Å². The quantitative estimate of drug-likeness (QED) is 0.225. The Morgan fingerprint density at radius 1 is 0.918 bits per heavy atom. The molecule has 0 aromatic heterocycles. The molecule has 0 aromatic rings. The number of urea groups is 1. The van der Waals surface area contributed by atoms with E-state index in [1.54, 1.807) is 25.7 Å². The highest BCUT2D eigenvalue weighted by Crippen LogP contribution is 2.57. The first kappa shape index (κ1) is 39.1. The fraction of sp³-hybridized carbons (Fsp3) is 0.861. The van der Waals surface area contributed by atoms with Gasteiger partial charge in [0.15, 0.2) is 9.84 Å². The Balaban J connectivity index is 1.56. The molecule has 13 heteroatoms. The van der Waals surface area contributed by atoms with E-state index in [1.165, 1.54) is 0 Å². The van der Waals surface area contributed by atoms with Crippen molar-refractivity contribution in [1.82, 2.24) is 26.2 Å². The van der Waals surface area contributed by atoms with Crippen LogP contribution < -0.4 is 21.3 Å². The summed E-state index contributed by atoms with van der Waals surface area (Å²) in [5, 5.41) is 11.5. The van der Waals surface area contributed by atoms with E-state index in [0.29, 0.717) is 32.2 Å². The highest BCUT2D eigenvalue weighted by molar-refractivity contribution is 7.92. The van der Waals surface area contributed by atoms with Gasteiger partial charge >= 0.3 is 6.03 Å². The number of Topliss-reactive ketones (excluding diaryl/α,β-unsaturated/α-hetero) is 1. The van der Waals surface area contributed by atoms with Crippen LogP contribution in [-0.2, 0) is 29.0 Å². The van der Waals surface area contributed by atoms with Crippen LogP contribution in [0.4, 0.5) is 4.79 Å². The van der Waals surface area contributed by atoms with Crippen molar-refractivity contribution in [3.8, 4) is 0 Å². The van der Waals surface area contributed by atoms with Gasteiger partial charge in [0.05, 0.1) is 22.1 Å². The topological polar surface area (TPSA) is 171 Å². The maximum absolute atomic E-state index is 14.6. The second kappa shape index (κ2) is 14.1. The molecule has 3 saturated carbocycles. The van der Waals surface area contributed by atoms with Crippen LogP contribution in [0.3, 0.4) is 0 Å². The fourth-order valence-electron chi connectivity index (χ4n) is 8.17. The number of hydrogen-bond donors (Lipinski definition) is 4. The van der Waals surface area contributed by atoms with Crippen molar-refractivity contribution < 1.29 is 32.4 Å². The third kappa shape index (κ3) is 8.79. The summed E-state index contributed by atoms with van der Waals surface area (Å²) in [6.07, 6.45) is 6.92. The summed E-state index contributed by atoms with van der Waals surface area (Å²) < 4.78 is 25.7. The van der Waals surface area contributed by atoms with Gasteiger partial charge in [-0.05, 0) is 82.0 Å². The molecule has 5 amide bonds. The Morgan fingerprint density at radius 3 is 2.04 bits per heavy atom. The van der Waals surface area contributed by atoms with Crippen LogP contribution >= 0.6 is 0 Å². The number of ketones is 1. The Kier molecular flexibility index (Phi) is 11.3. The van der Waals surface area contributed by atoms with E-state index in [-0.39, 0.29) is 29.0 Å². The molecule has 49 heavy (non-hydrogen) atoms. The summed E-state index contributed by atoms with van der Waals surface area (Å²) in [6, 6.07) is -3.52. The maximum Gasteiger partial charge on any atom is 0.315 e. The van der Waals surface area contributed by atoms with Gasteiger partial charge in [-0.1, -0.05) is 67.2 Å².